The van der Waals surface area contributed by atoms with Gasteiger partial charge in [0.2, 0.25) is 0 Å². The fourth-order valence-corrected chi connectivity index (χ4v) is 3.51. The fourth-order valence-electron chi connectivity index (χ4n) is 3.21. The summed E-state index contributed by atoms with van der Waals surface area (Å²) >= 11 is 6.40. The zero-order chi connectivity index (χ0) is 24.0. The number of carbonyl (C=O) groups is 2. The molecule has 0 atom stereocenters. The van der Waals surface area contributed by atoms with Gasteiger partial charge >= 0.3 is 11.9 Å². The number of anilines is 1. The lowest BCUT2D eigenvalue weighted by atomic mass is 10.0. The monoisotopic (exact) mass is 471 g/mol. The highest BCUT2D eigenvalue weighted by molar-refractivity contribution is 6.37. The van der Waals surface area contributed by atoms with Crippen LogP contribution in [0.4, 0.5) is 10.1 Å². The molecule has 0 aliphatic carbocycles. The molecule has 8 heteroatoms. The molecule has 0 radical (unpaired) electrons. The molecule has 0 saturated heterocycles. The molecular weight excluding hydrogens is 449 g/mol. The van der Waals surface area contributed by atoms with E-state index in [9.17, 15) is 14.0 Å². The standard InChI is InChI=1S/C25H23ClFNO5/c1-4-32-25(30)24(29)28-19-11-15(2)23(21(26)14-19)33-20-9-10-22(31-3)17(13-20)12-16-5-7-18(27)8-6-16/h5-11,13-14H,4,12H2,1-3H3,(H,28,29). The van der Waals surface area contributed by atoms with Gasteiger partial charge in [-0.1, -0.05) is 23.7 Å². The summed E-state index contributed by atoms with van der Waals surface area (Å²) in [4.78, 5) is 23.4. The first kappa shape index (κ1) is 24.1. The van der Waals surface area contributed by atoms with Crippen molar-refractivity contribution in [2.45, 2.75) is 20.3 Å². The second kappa shape index (κ2) is 10.8. The Labute approximate surface area is 196 Å². The molecule has 3 rings (SSSR count). The molecule has 1 amide bonds. The molecule has 0 unspecified atom stereocenters. The van der Waals surface area contributed by atoms with Gasteiger partial charge < -0.3 is 19.5 Å². The number of hydrogen-bond donors (Lipinski definition) is 1. The summed E-state index contributed by atoms with van der Waals surface area (Å²) < 4.78 is 29.4. The number of esters is 1. The quantitative estimate of drug-likeness (QED) is 0.354. The number of nitrogens with one attached hydrogen (secondary N) is 1. The Kier molecular flexibility index (Phi) is 7.90. The van der Waals surface area contributed by atoms with E-state index in [-0.39, 0.29) is 17.4 Å². The summed E-state index contributed by atoms with van der Waals surface area (Å²) in [7, 11) is 1.58. The summed E-state index contributed by atoms with van der Waals surface area (Å²) in [6.45, 7) is 3.48. The third-order valence-corrected chi connectivity index (χ3v) is 5.01. The Bertz CT molecular complexity index is 1140. The van der Waals surface area contributed by atoms with Crippen LogP contribution in [0.25, 0.3) is 0 Å². The Morgan fingerprint density at radius 3 is 2.42 bits per heavy atom. The summed E-state index contributed by atoms with van der Waals surface area (Å²) in [6, 6.07) is 14.7. The van der Waals surface area contributed by atoms with Crippen molar-refractivity contribution >= 4 is 29.2 Å². The molecule has 6 nitrogen and oxygen atoms in total. The van der Waals surface area contributed by atoms with E-state index in [0.29, 0.717) is 34.9 Å². The average molecular weight is 472 g/mol. The molecule has 0 aliphatic rings. The average Bonchev–Trinajstić information content (AvgIpc) is 2.78. The SMILES string of the molecule is CCOC(=O)C(=O)Nc1cc(C)c(Oc2ccc(OC)c(Cc3ccc(F)cc3)c2)c(Cl)c1. The number of amides is 1. The van der Waals surface area contributed by atoms with Gasteiger partial charge in [0.1, 0.15) is 23.1 Å². The van der Waals surface area contributed by atoms with Gasteiger partial charge in [-0.2, -0.15) is 0 Å². The van der Waals surface area contributed by atoms with Gasteiger partial charge in [0, 0.05) is 17.7 Å². The number of rotatable bonds is 7. The second-order valence-corrected chi connectivity index (χ2v) is 7.56. The minimum Gasteiger partial charge on any atom is -0.496 e. The first-order chi connectivity index (χ1) is 15.8. The molecule has 3 aromatic rings. The summed E-state index contributed by atoms with van der Waals surface area (Å²) in [5, 5.41) is 2.71. The molecule has 3 aromatic carbocycles. The molecule has 0 heterocycles. The van der Waals surface area contributed by atoms with E-state index in [2.05, 4.69) is 10.1 Å². The Balaban J connectivity index is 1.81. The highest BCUT2D eigenvalue weighted by Gasteiger charge is 2.17. The zero-order valence-corrected chi connectivity index (χ0v) is 19.2. The molecule has 0 aromatic heterocycles. The Morgan fingerprint density at radius 1 is 1.06 bits per heavy atom. The lowest BCUT2D eigenvalue weighted by molar-refractivity contribution is -0.152. The number of aryl methyl sites for hydroxylation is 1. The molecule has 0 bridgehead atoms. The van der Waals surface area contributed by atoms with E-state index in [4.69, 9.17) is 21.1 Å². The van der Waals surface area contributed by atoms with Gasteiger partial charge in [-0.25, -0.2) is 9.18 Å². The van der Waals surface area contributed by atoms with Crippen molar-refractivity contribution in [2.24, 2.45) is 0 Å². The lowest BCUT2D eigenvalue weighted by Gasteiger charge is -2.15. The van der Waals surface area contributed by atoms with E-state index in [1.165, 1.54) is 18.2 Å². The van der Waals surface area contributed by atoms with Gasteiger partial charge in [-0.15, -0.1) is 0 Å². The molecule has 0 spiro atoms. The third kappa shape index (κ3) is 6.23. The van der Waals surface area contributed by atoms with Crippen molar-refractivity contribution in [1.29, 1.82) is 0 Å². The van der Waals surface area contributed by atoms with E-state index in [1.807, 2.05) is 6.07 Å². The lowest BCUT2D eigenvalue weighted by Crippen LogP contribution is -2.25. The number of halogens is 2. The number of carbonyl (C=O) groups excluding carboxylic acids is 2. The molecule has 1 N–H and O–H groups in total. The molecule has 172 valence electrons. The smallest absolute Gasteiger partial charge is 0.397 e. The topological polar surface area (TPSA) is 73.9 Å². The largest absolute Gasteiger partial charge is 0.496 e. The Hall–Kier alpha value is -3.58. The van der Waals surface area contributed by atoms with Crippen molar-refractivity contribution < 1.29 is 28.2 Å². The third-order valence-electron chi connectivity index (χ3n) is 4.73. The molecule has 0 saturated carbocycles. The van der Waals surface area contributed by atoms with Crippen LogP contribution in [-0.2, 0) is 20.7 Å². The maximum Gasteiger partial charge on any atom is 0.397 e. The van der Waals surface area contributed by atoms with Crippen molar-refractivity contribution in [3.63, 3.8) is 0 Å². The molecule has 33 heavy (non-hydrogen) atoms. The van der Waals surface area contributed by atoms with E-state index < -0.39 is 11.9 Å². The number of hydrogen-bond acceptors (Lipinski definition) is 5. The van der Waals surface area contributed by atoms with Crippen molar-refractivity contribution in [3.05, 3.63) is 82.1 Å². The van der Waals surface area contributed by atoms with Crippen molar-refractivity contribution in [1.82, 2.24) is 0 Å². The van der Waals surface area contributed by atoms with Crippen LogP contribution in [-0.4, -0.2) is 25.6 Å². The summed E-state index contributed by atoms with van der Waals surface area (Å²) in [6.07, 6.45) is 0.520. The summed E-state index contributed by atoms with van der Waals surface area (Å²) in [5.41, 5.74) is 2.77. The van der Waals surface area contributed by atoms with Crippen molar-refractivity contribution in [2.75, 3.05) is 19.0 Å². The van der Waals surface area contributed by atoms with Crippen LogP contribution in [0.3, 0.4) is 0 Å². The van der Waals surface area contributed by atoms with Crippen LogP contribution >= 0.6 is 11.6 Å². The van der Waals surface area contributed by atoms with Gasteiger partial charge in [-0.05, 0) is 67.4 Å². The number of methoxy groups -OCH3 is 1. The highest BCUT2D eigenvalue weighted by atomic mass is 35.5. The number of ether oxygens (including phenoxy) is 3. The zero-order valence-electron chi connectivity index (χ0n) is 18.4. The number of benzene rings is 3. The maximum absolute atomic E-state index is 13.2. The van der Waals surface area contributed by atoms with Gasteiger partial charge in [0.05, 0.1) is 18.7 Å². The predicted molar refractivity (Wildman–Crippen MR) is 124 cm³/mol. The van der Waals surface area contributed by atoms with Crippen molar-refractivity contribution in [3.8, 4) is 17.2 Å². The van der Waals surface area contributed by atoms with Crippen LogP contribution in [0, 0.1) is 12.7 Å². The van der Waals surface area contributed by atoms with Gasteiger partial charge in [-0.3, -0.25) is 4.79 Å². The van der Waals surface area contributed by atoms with Crippen LogP contribution in [0.1, 0.15) is 23.6 Å². The van der Waals surface area contributed by atoms with E-state index >= 15 is 0 Å². The van der Waals surface area contributed by atoms with E-state index in [1.54, 1.807) is 51.3 Å². The minimum atomic E-state index is -0.974. The fraction of sp³-hybridized carbons (Fsp3) is 0.200. The van der Waals surface area contributed by atoms with Crippen LogP contribution in [0.5, 0.6) is 17.2 Å². The van der Waals surface area contributed by atoms with Gasteiger partial charge in [0.25, 0.3) is 0 Å². The minimum absolute atomic E-state index is 0.101. The normalized spacial score (nSPS) is 10.5. The predicted octanol–water partition coefficient (Wildman–Crippen LogP) is 5.68. The maximum atomic E-state index is 13.2. The summed E-state index contributed by atoms with van der Waals surface area (Å²) in [5.74, 6) is -0.550. The second-order valence-electron chi connectivity index (χ2n) is 7.16. The van der Waals surface area contributed by atoms with Crippen LogP contribution in [0.15, 0.2) is 54.6 Å². The van der Waals surface area contributed by atoms with Crippen LogP contribution < -0.4 is 14.8 Å². The first-order valence-corrected chi connectivity index (χ1v) is 10.6. The Morgan fingerprint density at radius 2 is 1.79 bits per heavy atom. The molecule has 0 aliphatic heterocycles. The van der Waals surface area contributed by atoms with E-state index in [0.717, 1.165) is 11.1 Å². The molecule has 0 fully saturated rings. The van der Waals surface area contributed by atoms with Gasteiger partial charge in [0.15, 0.2) is 0 Å². The highest BCUT2D eigenvalue weighted by Crippen LogP contribution is 2.37. The van der Waals surface area contributed by atoms with Crippen LogP contribution in [0.2, 0.25) is 5.02 Å². The molecular formula is C25H23ClFNO5. The first-order valence-electron chi connectivity index (χ1n) is 10.2.